The Labute approximate surface area is 118 Å². The number of rotatable bonds is 5. The molecule has 3 nitrogen and oxygen atoms in total. The minimum absolute atomic E-state index is 0.659. The van der Waals surface area contributed by atoms with E-state index in [0.29, 0.717) is 6.04 Å². The molecule has 1 aliphatic carbocycles. The molecule has 0 saturated heterocycles. The first-order valence-electron chi connectivity index (χ1n) is 6.69. The molecule has 0 unspecified atom stereocenters. The van der Waals surface area contributed by atoms with Crippen molar-refractivity contribution in [3.63, 3.8) is 0 Å². The summed E-state index contributed by atoms with van der Waals surface area (Å²) in [5, 5.41) is 6.65. The standard InChI is InChI=1S/C15H19N3S/c1-4-7-18-10(2)8-13(11(18)3)14-9-19-15(17-14)16-12-5-6-12/h4,8-9,12H,1,5-7H2,2-3H3,(H,16,17). The Kier molecular flexibility index (Phi) is 3.19. The van der Waals surface area contributed by atoms with Crippen LogP contribution in [0.2, 0.25) is 0 Å². The summed E-state index contributed by atoms with van der Waals surface area (Å²) in [6.45, 7) is 8.96. The quantitative estimate of drug-likeness (QED) is 0.835. The highest BCUT2D eigenvalue weighted by atomic mass is 32.1. The highest BCUT2D eigenvalue weighted by Crippen LogP contribution is 2.32. The van der Waals surface area contributed by atoms with E-state index in [9.17, 15) is 0 Å². The molecule has 1 N–H and O–H groups in total. The fraction of sp³-hybridized carbons (Fsp3) is 0.400. The molecule has 1 fully saturated rings. The van der Waals surface area contributed by atoms with Gasteiger partial charge in [0.15, 0.2) is 5.13 Å². The van der Waals surface area contributed by atoms with E-state index in [1.54, 1.807) is 11.3 Å². The van der Waals surface area contributed by atoms with E-state index < -0.39 is 0 Å². The van der Waals surface area contributed by atoms with Gasteiger partial charge < -0.3 is 9.88 Å². The number of anilines is 1. The van der Waals surface area contributed by atoms with E-state index in [1.807, 2.05) is 6.08 Å². The fourth-order valence-electron chi connectivity index (χ4n) is 2.34. The predicted octanol–water partition coefficient (Wildman–Crippen LogP) is 3.99. The van der Waals surface area contributed by atoms with E-state index >= 15 is 0 Å². The molecule has 0 spiro atoms. The van der Waals surface area contributed by atoms with Crippen molar-refractivity contribution in [1.29, 1.82) is 0 Å². The van der Waals surface area contributed by atoms with Gasteiger partial charge in [-0.25, -0.2) is 4.98 Å². The summed E-state index contributed by atoms with van der Waals surface area (Å²) in [6.07, 6.45) is 4.50. The van der Waals surface area contributed by atoms with Gasteiger partial charge in [-0.15, -0.1) is 17.9 Å². The number of aryl methyl sites for hydroxylation is 1. The number of hydrogen-bond acceptors (Lipinski definition) is 3. The molecule has 100 valence electrons. The first-order valence-corrected chi connectivity index (χ1v) is 7.57. The number of nitrogens with one attached hydrogen (secondary N) is 1. The second-order valence-corrected chi connectivity index (χ2v) is 6.00. The molecule has 1 saturated carbocycles. The lowest BCUT2D eigenvalue weighted by molar-refractivity contribution is 0.770. The van der Waals surface area contributed by atoms with Crippen molar-refractivity contribution in [2.75, 3.05) is 5.32 Å². The molecular weight excluding hydrogens is 254 g/mol. The highest BCUT2D eigenvalue weighted by molar-refractivity contribution is 7.14. The van der Waals surface area contributed by atoms with Crippen LogP contribution in [-0.4, -0.2) is 15.6 Å². The Morgan fingerprint density at radius 2 is 2.32 bits per heavy atom. The molecule has 2 aromatic heterocycles. The molecule has 0 amide bonds. The molecule has 19 heavy (non-hydrogen) atoms. The van der Waals surface area contributed by atoms with Crippen LogP contribution in [-0.2, 0) is 6.54 Å². The van der Waals surface area contributed by atoms with Crippen molar-refractivity contribution >= 4 is 16.5 Å². The monoisotopic (exact) mass is 273 g/mol. The third kappa shape index (κ3) is 2.45. The summed E-state index contributed by atoms with van der Waals surface area (Å²) < 4.78 is 2.27. The molecule has 4 heteroatoms. The average molecular weight is 273 g/mol. The maximum Gasteiger partial charge on any atom is 0.183 e. The maximum absolute atomic E-state index is 4.70. The van der Waals surface area contributed by atoms with Crippen LogP contribution < -0.4 is 5.32 Å². The van der Waals surface area contributed by atoms with Crippen molar-refractivity contribution in [3.05, 3.63) is 35.5 Å². The molecule has 0 radical (unpaired) electrons. The Morgan fingerprint density at radius 3 is 3.00 bits per heavy atom. The fourth-order valence-corrected chi connectivity index (χ4v) is 3.13. The Bertz CT molecular complexity index is 605. The van der Waals surface area contributed by atoms with Crippen molar-refractivity contribution in [2.45, 2.75) is 39.3 Å². The van der Waals surface area contributed by atoms with E-state index in [2.05, 4.69) is 41.8 Å². The van der Waals surface area contributed by atoms with Gasteiger partial charge in [0.25, 0.3) is 0 Å². The normalized spacial score (nSPS) is 14.6. The SMILES string of the molecule is C=CCn1c(C)cc(-c2csc(NC3CC3)n2)c1C. The van der Waals surface area contributed by atoms with Crippen LogP contribution >= 0.6 is 11.3 Å². The van der Waals surface area contributed by atoms with Gasteiger partial charge in [-0.3, -0.25) is 0 Å². The first kappa shape index (κ1) is 12.5. The van der Waals surface area contributed by atoms with Crippen LogP contribution in [0, 0.1) is 13.8 Å². The maximum atomic E-state index is 4.70. The largest absolute Gasteiger partial charge is 0.359 e. The summed E-state index contributed by atoms with van der Waals surface area (Å²) in [5.74, 6) is 0. The Hall–Kier alpha value is -1.55. The zero-order chi connectivity index (χ0) is 13.4. The molecule has 0 aromatic carbocycles. The second-order valence-electron chi connectivity index (χ2n) is 5.14. The minimum Gasteiger partial charge on any atom is -0.359 e. The summed E-state index contributed by atoms with van der Waals surface area (Å²) in [5.41, 5.74) is 4.84. The lowest BCUT2D eigenvalue weighted by Crippen LogP contribution is -2.00. The molecule has 3 rings (SSSR count). The molecule has 1 aliphatic rings. The van der Waals surface area contributed by atoms with Crippen molar-refractivity contribution in [2.24, 2.45) is 0 Å². The van der Waals surface area contributed by atoms with E-state index in [0.717, 1.165) is 17.4 Å². The van der Waals surface area contributed by atoms with Crippen LogP contribution in [0.5, 0.6) is 0 Å². The van der Waals surface area contributed by atoms with Gasteiger partial charge >= 0.3 is 0 Å². The summed E-state index contributed by atoms with van der Waals surface area (Å²) in [7, 11) is 0. The van der Waals surface area contributed by atoms with Crippen LogP contribution in [0.25, 0.3) is 11.3 Å². The third-order valence-electron chi connectivity index (χ3n) is 3.57. The van der Waals surface area contributed by atoms with Gasteiger partial charge in [0.05, 0.1) is 5.69 Å². The molecule has 0 bridgehead atoms. The molecule has 0 atom stereocenters. The van der Waals surface area contributed by atoms with Crippen molar-refractivity contribution in [1.82, 2.24) is 9.55 Å². The van der Waals surface area contributed by atoms with Gasteiger partial charge in [-0.05, 0) is 32.8 Å². The Balaban J connectivity index is 1.90. The van der Waals surface area contributed by atoms with Crippen molar-refractivity contribution < 1.29 is 0 Å². The van der Waals surface area contributed by atoms with Crippen LogP contribution in [0.3, 0.4) is 0 Å². The molecular formula is C15H19N3S. The zero-order valence-electron chi connectivity index (χ0n) is 11.4. The smallest absolute Gasteiger partial charge is 0.183 e. The highest BCUT2D eigenvalue weighted by Gasteiger charge is 2.22. The molecule has 2 heterocycles. The number of nitrogens with zero attached hydrogens (tertiary/aromatic N) is 2. The summed E-state index contributed by atoms with van der Waals surface area (Å²) in [6, 6.07) is 2.88. The van der Waals surface area contributed by atoms with E-state index in [1.165, 1.54) is 29.8 Å². The lowest BCUT2D eigenvalue weighted by Gasteiger charge is -2.05. The first-order chi connectivity index (χ1) is 9.19. The zero-order valence-corrected chi connectivity index (χ0v) is 12.3. The van der Waals surface area contributed by atoms with Gasteiger partial charge in [0.1, 0.15) is 0 Å². The van der Waals surface area contributed by atoms with Crippen LogP contribution in [0.1, 0.15) is 24.2 Å². The Morgan fingerprint density at radius 1 is 1.53 bits per heavy atom. The van der Waals surface area contributed by atoms with Gasteiger partial charge in [-0.2, -0.15) is 0 Å². The summed E-state index contributed by atoms with van der Waals surface area (Å²) in [4.78, 5) is 4.70. The number of allylic oxidation sites excluding steroid dienone is 1. The van der Waals surface area contributed by atoms with Crippen LogP contribution in [0.15, 0.2) is 24.1 Å². The van der Waals surface area contributed by atoms with E-state index in [4.69, 9.17) is 4.98 Å². The molecule has 0 aliphatic heterocycles. The third-order valence-corrected chi connectivity index (χ3v) is 4.34. The average Bonchev–Trinajstić information content (AvgIpc) is 3.01. The molecule has 2 aromatic rings. The lowest BCUT2D eigenvalue weighted by atomic mass is 10.2. The van der Waals surface area contributed by atoms with Gasteiger partial charge in [0.2, 0.25) is 0 Å². The van der Waals surface area contributed by atoms with Gasteiger partial charge in [-0.1, -0.05) is 6.08 Å². The predicted molar refractivity (Wildman–Crippen MR) is 81.9 cm³/mol. The van der Waals surface area contributed by atoms with Crippen molar-refractivity contribution in [3.8, 4) is 11.3 Å². The number of hydrogen-bond donors (Lipinski definition) is 1. The number of thiazole rings is 1. The minimum atomic E-state index is 0.659. The second kappa shape index (κ2) is 4.85. The van der Waals surface area contributed by atoms with Crippen LogP contribution in [0.4, 0.5) is 5.13 Å². The van der Waals surface area contributed by atoms with E-state index in [-0.39, 0.29) is 0 Å². The number of aromatic nitrogens is 2. The topological polar surface area (TPSA) is 29.9 Å². The summed E-state index contributed by atoms with van der Waals surface area (Å²) >= 11 is 1.70. The van der Waals surface area contributed by atoms with Gasteiger partial charge in [0, 0.05) is 34.9 Å².